The molecule has 1 fully saturated rings. The number of ether oxygens (including phenoxy) is 1. The van der Waals surface area contributed by atoms with Crippen LogP contribution in [0.4, 0.5) is 5.82 Å². The van der Waals surface area contributed by atoms with Gasteiger partial charge in [-0.3, -0.25) is 14.3 Å². The fourth-order valence-electron chi connectivity index (χ4n) is 3.95. The number of hydrogen-bond acceptors (Lipinski definition) is 10. The number of halogens is 1. The quantitative estimate of drug-likeness (QED) is 0.213. The van der Waals surface area contributed by atoms with Gasteiger partial charge in [-0.1, -0.05) is 12.1 Å². The van der Waals surface area contributed by atoms with E-state index < -0.39 is 36.6 Å². The number of nitrogens with zero attached hydrogens (tertiary/aromatic N) is 5. The van der Waals surface area contributed by atoms with Crippen LogP contribution >= 0.6 is 22.6 Å². The van der Waals surface area contributed by atoms with Crippen LogP contribution in [0.2, 0.25) is 0 Å². The maximum atomic E-state index is 11.2. The molecule has 3 aromatic rings. The summed E-state index contributed by atoms with van der Waals surface area (Å²) in [5.74, 6) is -0.873. The Balaban J connectivity index is 1.51. The smallest absolute Gasteiger partial charge is 0.320 e. The molecule has 12 nitrogen and oxygen atoms in total. The van der Waals surface area contributed by atoms with Gasteiger partial charge in [0.2, 0.25) is 0 Å². The first-order valence-corrected chi connectivity index (χ1v) is 11.7. The standard InChI is InChI=1S/C21H26IN7O5/c22-12-3-1-11(2-4-12)7-28(6-5-13(23)21(32)33)8-14-16(30)17(31)20(34-14)29-10-27-15-18(24)25-9-26-19(15)29/h1-4,9-10,13-14,16-17,20,30-31H,5-8,23H2,(H,32,33)(H2,24,25,26)/t13-,14+,16+,17+,20+/m0/s1. The number of aromatic nitrogens is 4. The van der Waals surface area contributed by atoms with Gasteiger partial charge < -0.3 is 31.5 Å². The minimum Gasteiger partial charge on any atom is -0.480 e. The molecule has 0 aliphatic carbocycles. The van der Waals surface area contributed by atoms with Gasteiger partial charge in [-0.25, -0.2) is 15.0 Å². The van der Waals surface area contributed by atoms with Gasteiger partial charge in [0, 0.05) is 23.2 Å². The SMILES string of the molecule is Nc1ncnc2c1ncn2[C@@H]1O[C@H](CN(CC[C@H](N)C(=O)O)Cc2ccc(I)cc2)[C@@H](O)[C@H]1O. The third-order valence-corrected chi connectivity index (χ3v) is 6.55. The summed E-state index contributed by atoms with van der Waals surface area (Å²) in [5, 5.41) is 30.6. The minimum atomic E-state index is -1.24. The molecule has 182 valence electrons. The molecule has 1 aromatic carbocycles. The third kappa shape index (κ3) is 5.29. The molecule has 0 radical (unpaired) electrons. The third-order valence-electron chi connectivity index (χ3n) is 5.83. The van der Waals surface area contributed by atoms with Crippen molar-refractivity contribution in [2.45, 2.75) is 43.5 Å². The monoisotopic (exact) mass is 583 g/mol. The van der Waals surface area contributed by atoms with Crippen LogP contribution in [0.15, 0.2) is 36.9 Å². The summed E-state index contributed by atoms with van der Waals surface area (Å²) in [6.45, 7) is 1.11. The Morgan fingerprint density at radius 2 is 1.94 bits per heavy atom. The first-order valence-electron chi connectivity index (χ1n) is 10.6. The summed E-state index contributed by atoms with van der Waals surface area (Å²) in [6, 6.07) is 6.92. The molecule has 1 aliphatic heterocycles. The lowest BCUT2D eigenvalue weighted by atomic mass is 10.1. The molecule has 0 unspecified atom stereocenters. The van der Waals surface area contributed by atoms with E-state index >= 15 is 0 Å². The molecular formula is C21H26IN7O5. The number of imidazole rings is 1. The average molecular weight is 583 g/mol. The van der Waals surface area contributed by atoms with E-state index in [4.69, 9.17) is 21.3 Å². The topological polar surface area (TPSA) is 186 Å². The fourth-order valence-corrected chi connectivity index (χ4v) is 4.31. The number of benzene rings is 1. The molecule has 0 amide bonds. The Hall–Kier alpha value is -2.43. The molecule has 1 aliphatic rings. The molecule has 4 rings (SSSR count). The summed E-state index contributed by atoms with van der Waals surface area (Å²) in [6.07, 6.45) is -1.15. The van der Waals surface area contributed by atoms with E-state index in [-0.39, 0.29) is 18.8 Å². The molecule has 34 heavy (non-hydrogen) atoms. The maximum Gasteiger partial charge on any atom is 0.320 e. The number of aliphatic hydroxyl groups is 2. The molecule has 13 heteroatoms. The van der Waals surface area contributed by atoms with Gasteiger partial charge in [-0.2, -0.15) is 0 Å². The van der Waals surface area contributed by atoms with E-state index in [1.165, 1.54) is 17.2 Å². The zero-order valence-corrected chi connectivity index (χ0v) is 20.3. The van der Waals surface area contributed by atoms with Gasteiger partial charge in [0.25, 0.3) is 0 Å². The molecule has 5 atom stereocenters. The molecule has 0 spiro atoms. The number of hydrogen-bond donors (Lipinski definition) is 5. The Morgan fingerprint density at radius 3 is 2.65 bits per heavy atom. The molecule has 1 saturated heterocycles. The van der Waals surface area contributed by atoms with Crippen molar-refractivity contribution in [1.29, 1.82) is 0 Å². The van der Waals surface area contributed by atoms with Crippen LogP contribution in [0, 0.1) is 3.57 Å². The van der Waals surface area contributed by atoms with Crippen LogP contribution in [0.1, 0.15) is 18.2 Å². The summed E-state index contributed by atoms with van der Waals surface area (Å²) >= 11 is 2.22. The van der Waals surface area contributed by atoms with Crippen LogP contribution in [0.5, 0.6) is 0 Å². The highest BCUT2D eigenvalue weighted by molar-refractivity contribution is 14.1. The van der Waals surface area contributed by atoms with Crippen LogP contribution in [0.3, 0.4) is 0 Å². The van der Waals surface area contributed by atoms with E-state index in [2.05, 4.69) is 37.5 Å². The summed E-state index contributed by atoms with van der Waals surface area (Å²) in [7, 11) is 0. The number of fused-ring (bicyclic) bond motifs is 1. The second-order valence-electron chi connectivity index (χ2n) is 8.22. The zero-order valence-electron chi connectivity index (χ0n) is 18.1. The van der Waals surface area contributed by atoms with Crippen molar-refractivity contribution in [3.05, 3.63) is 46.1 Å². The van der Waals surface area contributed by atoms with Gasteiger partial charge >= 0.3 is 5.97 Å². The lowest BCUT2D eigenvalue weighted by Crippen LogP contribution is -2.42. The highest BCUT2D eigenvalue weighted by Gasteiger charge is 2.44. The second-order valence-corrected chi connectivity index (χ2v) is 9.47. The van der Waals surface area contributed by atoms with Crippen molar-refractivity contribution in [3.8, 4) is 0 Å². The lowest BCUT2D eigenvalue weighted by molar-refractivity contribution is -0.138. The fraction of sp³-hybridized carbons (Fsp3) is 0.429. The van der Waals surface area contributed by atoms with Crippen molar-refractivity contribution < 1.29 is 24.9 Å². The van der Waals surface area contributed by atoms with Crippen LogP contribution in [-0.2, 0) is 16.1 Å². The summed E-state index contributed by atoms with van der Waals surface area (Å²) in [5.41, 5.74) is 13.3. The lowest BCUT2D eigenvalue weighted by Gasteiger charge is -2.27. The van der Waals surface area contributed by atoms with Gasteiger partial charge in [0.1, 0.15) is 36.2 Å². The molecule has 0 bridgehead atoms. The Kier molecular flexibility index (Phi) is 7.59. The molecule has 3 heterocycles. The van der Waals surface area contributed by atoms with Crippen LogP contribution < -0.4 is 11.5 Å². The number of nitrogens with two attached hydrogens (primary N) is 2. The Bertz CT molecular complexity index is 1140. The van der Waals surface area contributed by atoms with Crippen molar-refractivity contribution >= 4 is 45.5 Å². The van der Waals surface area contributed by atoms with E-state index in [9.17, 15) is 15.0 Å². The van der Waals surface area contributed by atoms with E-state index in [0.29, 0.717) is 24.3 Å². The van der Waals surface area contributed by atoms with Gasteiger partial charge in [-0.15, -0.1) is 0 Å². The normalized spacial score (nSPS) is 23.6. The van der Waals surface area contributed by atoms with Gasteiger partial charge in [0.15, 0.2) is 17.7 Å². The van der Waals surface area contributed by atoms with Crippen molar-refractivity contribution in [1.82, 2.24) is 24.4 Å². The minimum absolute atomic E-state index is 0.201. The molecule has 7 N–H and O–H groups in total. The summed E-state index contributed by atoms with van der Waals surface area (Å²) < 4.78 is 8.67. The predicted molar refractivity (Wildman–Crippen MR) is 130 cm³/mol. The van der Waals surface area contributed by atoms with Crippen molar-refractivity contribution in [3.63, 3.8) is 0 Å². The number of rotatable bonds is 9. The Labute approximate surface area is 208 Å². The maximum absolute atomic E-state index is 11.2. The molecule has 0 saturated carbocycles. The van der Waals surface area contributed by atoms with E-state index in [1.54, 1.807) is 0 Å². The average Bonchev–Trinajstić information content (AvgIpc) is 3.36. The number of carboxylic acids is 1. The van der Waals surface area contributed by atoms with E-state index in [1.807, 2.05) is 29.2 Å². The van der Waals surface area contributed by atoms with Gasteiger partial charge in [-0.05, 0) is 46.7 Å². The highest BCUT2D eigenvalue weighted by atomic mass is 127. The second kappa shape index (κ2) is 10.5. The number of anilines is 1. The Morgan fingerprint density at radius 1 is 1.21 bits per heavy atom. The largest absolute Gasteiger partial charge is 0.480 e. The summed E-state index contributed by atoms with van der Waals surface area (Å²) in [4.78, 5) is 25.4. The first-order chi connectivity index (χ1) is 16.2. The number of aliphatic carboxylic acids is 1. The van der Waals surface area contributed by atoms with Crippen LogP contribution in [0.25, 0.3) is 11.2 Å². The number of carbonyl (C=O) groups is 1. The van der Waals surface area contributed by atoms with Crippen LogP contribution in [-0.4, -0.2) is 83.2 Å². The first kappa shape index (κ1) is 24.7. The predicted octanol–water partition coefficient (Wildman–Crippen LogP) is -0.0635. The van der Waals surface area contributed by atoms with Crippen molar-refractivity contribution in [2.24, 2.45) is 5.73 Å². The zero-order chi connectivity index (χ0) is 24.4. The van der Waals surface area contributed by atoms with Gasteiger partial charge in [0.05, 0.1) is 6.33 Å². The molecular weight excluding hydrogens is 557 g/mol. The van der Waals surface area contributed by atoms with Crippen molar-refractivity contribution in [2.75, 3.05) is 18.8 Å². The number of nitrogen functional groups attached to an aromatic ring is 1. The highest BCUT2D eigenvalue weighted by Crippen LogP contribution is 2.32. The number of aliphatic hydroxyl groups excluding tert-OH is 2. The molecule has 2 aromatic heterocycles. The van der Waals surface area contributed by atoms with E-state index in [0.717, 1.165) is 9.13 Å². The number of carboxylic acid groups (broad SMARTS) is 1.